The maximum atomic E-state index is 11.6. The first-order chi connectivity index (χ1) is 13.8. The van der Waals surface area contributed by atoms with Crippen molar-refractivity contribution in [2.24, 2.45) is 0 Å². The van der Waals surface area contributed by atoms with Gasteiger partial charge in [-0.05, 0) is 36.4 Å². The Kier molecular flexibility index (Phi) is 5.30. The summed E-state index contributed by atoms with van der Waals surface area (Å²) in [5.41, 5.74) is 0.0658. The van der Waals surface area contributed by atoms with Crippen molar-refractivity contribution in [1.82, 2.24) is 9.97 Å². The molecule has 29 heavy (non-hydrogen) atoms. The van der Waals surface area contributed by atoms with E-state index in [9.17, 15) is 19.7 Å². The van der Waals surface area contributed by atoms with Gasteiger partial charge in [-0.3, -0.25) is 10.1 Å². The number of carboxylic acids is 2. The van der Waals surface area contributed by atoms with Crippen LogP contribution in [0.2, 0.25) is 0 Å². The van der Waals surface area contributed by atoms with E-state index < -0.39 is 22.5 Å². The van der Waals surface area contributed by atoms with Crippen LogP contribution in [0, 0.1) is 10.1 Å². The number of nitrogens with one attached hydrogen (secondary N) is 2. The van der Waals surface area contributed by atoms with Crippen LogP contribution < -0.4 is 10.6 Å². The Hall–Kier alpha value is -4.54. The van der Waals surface area contributed by atoms with Crippen molar-refractivity contribution < 1.29 is 24.7 Å². The van der Waals surface area contributed by atoms with Crippen molar-refractivity contribution in [1.29, 1.82) is 0 Å². The summed E-state index contributed by atoms with van der Waals surface area (Å²) >= 11 is 0. The highest BCUT2D eigenvalue weighted by Crippen LogP contribution is 2.33. The number of hydrogen-bond donors (Lipinski definition) is 4. The lowest BCUT2D eigenvalue weighted by molar-refractivity contribution is -0.383. The number of carbonyl (C=O) groups is 2. The minimum absolute atomic E-state index is 0.00413. The highest BCUT2D eigenvalue weighted by molar-refractivity contribution is 5.90. The molecule has 0 radical (unpaired) electrons. The molecule has 1 heterocycles. The van der Waals surface area contributed by atoms with Crippen LogP contribution in [0.3, 0.4) is 0 Å². The molecule has 0 saturated heterocycles. The smallest absolute Gasteiger partial charge is 0.353 e. The second-order valence-electron chi connectivity index (χ2n) is 5.70. The van der Waals surface area contributed by atoms with Gasteiger partial charge < -0.3 is 20.8 Å². The summed E-state index contributed by atoms with van der Waals surface area (Å²) in [6.45, 7) is 0. The number of rotatable bonds is 7. The van der Waals surface area contributed by atoms with E-state index in [-0.39, 0.29) is 34.1 Å². The molecular formula is C18H13N5O6. The third kappa shape index (κ3) is 4.42. The number of aromatic nitrogens is 2. The van der Waals surface area contributed by atoms with Gasteiger partial charge in [0.25, 0.3) is 0 Å². The quantitative estimate of drug-likeness (QED) is 0.344. The second kappa shape index (κ2) is 8.00. The molecule has 0 aliphatic heterocycles. The summed E-state index contributed by atoms with van der Waals surface area (Å²) in [5, 5.41) is 35.2. The van der Waals surface area contributed by atoms with Crippen molar-refractivity contribution >= 4 is 40.6 Å². The van der Waals surface area contributed by atoms with Crippen LogP contribution in [-0.2, 0) is 0 Å². The molecule has 4 N–H and O–H groups in total. The van der Waals surface area contributed by atoms with Crippen LogP contribution in [-0.4, -0.2) is 37.0 Å². The van der Waals surface area contributed by atoms with Gasteiger partial charge in [0.05, 0.1) is 16.1 Å². The summed E-state index contributed by atoms with van der Waals surface area (Å²) < 4.78 is 0. The average molecular weight is 395 g/mol. The van der Waals surface area contributed by atoms with Crippen LogP contribution in [0.4, 0.5) is 28.7 Å². The molecule has 0 aliphatic rings. The molecule has 1 aromatic heterocycles. The molecule has 3 aromatic rings. The molecule has 0 unspecified atom stereocenters. The Morgan fingerprint density at radius 3 is 1.69 bits per heavy atom. The minimum Gasteiger partial charge on any atom is -0.478 e. The van der Waals surface area contributed by atoms with E-state index in [1.807, 2.05) is 0 Å². The number of hydrogen-bond acceptors (Lipinski definition) is 8. The van der Waals surface area contributed by atoms with Crippen molar-refractivity contribution in [2.75, 3.05) is 10.6 Å². The van der Waals surface area contributed by atoms with Gasteiger partial charge in [0.15, 0.2) is 0 Å². The number of nitrogens with zero attached hydrogens (tertiary/aromatic N) is 3. The van der Waals surface area contributed by atoms with Gasteiger partial charge in [-0.15, -0.1) is 0 Å². The van der Waals surface area contributed by atoms with E-state index in [1.165, 1.54) is 48.5 Å². The van der Waals surface area contributed by atoms with E-state index in [0.717, 1.165) is 6.33 Å². The lowest BCUT2D eigenvalue weighted by Crippen LogP contribution is -2.06. The normalized spacial score (nSPS) is 10.2. The first-order valence-electron chi connectivity index (χ1n) is 8.05. The lowest BCUT2D eigenvalue weighted by Gasteiger charge is -2.11. The molecule has 0 fully saturated rings. The summed E-state index contributed by atoms with van der Waals surface area (Å²) in [7, 11) is 0. The Labute approximate surface area is 162 Å². The van der Waals surface area contributed by atoms with Crippen molar-refractivity contribution in [3.05, 3.63) is 76.1 Å². The third-order valence-electron chi connectivity index (χ3n) is 3.75. The van der Waals surface area contributed by atoms with Gasteiger partial charge in [-0.25, -0.2) is 19.6 Å². The minimum atomic E-state index is -1.15. The number of benzene rings is 2. The maximum Gasteiger partial charge on any atom is 0.353 e. The Morgan fingerprint density at radius 2 is 1.31 bits per heavy atom. The molecule has 0 amide bonds. The fourth-order valence-electron chi connectivity index (χ4n) is 2.47. The highest BCUT2D eigenvalue weighted by atomic mass is 16.6. The van der Waals surface area contributed by atoms with Gasteiger partial charge in [0.1, 0.15) is 6.33 Å². The van der Waals surface area contributed by atoms with Gasteiger partial charge in [-0.2, -0.15) is 0 Å². The topological polar surface area (TPSA) is 168 Å². The largest absolute Gasteiger partial charge is 0.478 e. The number of nitro groups is 1. The van der Waals surface area contributed by atoms with Crippen LogP contribution in [0.15, 0.2) is 54.9 Å². The molecule has 0 saturated carbocycles. The van der Waals surface area contributed by atoms with Crippen LogP contribution in [0.25, 0.3) is 0 Å². The zero-order chi connectivity index (χ0) is 21.0. The first-order valence-corrected chi connectivity index (χ1v) is 8.05. The van der Waals surface area contributed by atoms with E-state index in [2.05, 4.69) is 20.6 Å². The van der Waals surface area contributed by atoms with Gasteiger partial charge in [0, 0.05) is 11.4 Å². The van der Waals surface area contributed by atoms with E-state index in [0.29, 0.717) is 0 Å². The van der Waals surface area contributed by atoms with Crippen LogP contribution in [0.5, 0.6) is 0 Å². The second-order valence-corrected chi connectivity index (χ2v) is 5.70. The predicted molar refractivity (Wildman–Crippen MR) is 102 cm³/mol. The molecule has 3 rings (SSSR count). The molecule has 0 bridgehead atoms. The monoisotopic (exact) mass is 395 g/mol. The molecule has 11 heteroatoms. The van der Waals surface area contributed by atoms with Crippen molar-refractivity contribution in [2.45, 2.75) is 0 Å². The predicted octanol–water partition coefficient (Wildman–Crippen LogP) is 3.27. The first kappa shape index (κ1) is 19.2. The molecule has 0 aliphatic carbocycles. The van der Waals surface area contributed by atoms with Crippen molar-refractivity contribution in [3.63, 3.8) is 0 Å². The summed E-state index contributed by atoms with van der Waals surface area (Å²) in [4.78, 5) is 40.9. The Balaban J connectivity index is 1.97. The fourth-order valence-corrected chi connectivity index (χ4v) is 2.47. The third-order valence-corrected chi connectivity index (χ3v) is 3.75. The summed E-state index contributed by atoms with van der Waals surface area (Å²) in [6, 6.07) is 11.4. The summed E-state index contributed by atoms with van der Waals surface area (Å²) in [6.07, 6.45) is 1.08. The highest BCUT2D eigenvalue weighted by Gasteiger charge is 2.23. The lowest BCUT2D eigenvalue weighted by atomic mass is 10.2. The van der Waals surface area contributed by atoms with Crippen LogP contribution >= 0.6 is 0 Å². The Morgan fingerprint density at radius 1 is 0.862 bits per heavy atom. The molecule has 11 nitrogen and oxygen atoms in total. The molecule has 0 spiro atoms. The van der Waals surface area contributed by atoms with E-state index in [1.54, 1.807) is 0 Å². The fraction of sp³-hybridized carbons (Fsp3) is 0. The van der Waals surface area contributed by atoms with Gasteiger partial charge in [-0.1, -0.05) is 12.1 Å². The van der Waals surface area contributed by atoms with E-state index in [4.69, 9.17) is 10.2 Å². The number of anilines is 4. The summed E-state index contributed by atoms with van der Waals surface area (Å²) in [5.74, 6) is -2.62. The van der Waals surface area contributed by atoms with Gasteiger partial charge >= 0.3 is 17.6 Å². The molecule has 146 valence electrons. The molecule has 0 atom stereocenters. The molecular weight excluding hydrogens is 382 g/mol. The SMILES string of the molecule is O=C(O)c1cccc(Nc2ncnc(Nc3cccc(C(=O)O)c3)c2[N+](=O)[O-])c1. The molecule has 2 aromatic carbocycles. The van der Waals surface area contributed by atoms with Gasteiger partial charge in [0.2, 0.25) is 11.6 Å². The standard InChI is InChI=1S/C18H13N5O6/c24-17(25)10-3-1-5-12(7-10)21-15-14(23(28)29)16(20-9-19-15)22-13-6-2-4-11(8-13)18(26)27/h1-9H,(H,24,25)(H,26,27)(H2,19,20,21,22). The number of carboxylic acid groups (broad SMARTS) is 2. The Bertz CT molecular complexity index is 1040. The zero-order valence-electron chi connectivity index (χ0n) is 14.6. The van der Waals surface area contributed by atoms with E-state index >= 15 is 0 Å². The number of aromatic carboxylic acids is 2. The van der Waals surface area contributed by atoms with Crippen molar-refractivity contribution in [3.8, 4) is 0 Å². The maximum absolute atomic E-state index is 11.6. The average Bonchev–Trinajstić information content (AvgIpc) is 2.68. The zero-order valence-corrected chi connectivity index (χ0v) is 14.6. The van der Waals surface area contributed by atoms with Crippen LogP contribution in [0.1, 0.15) is 20.7 Å².